The lowest BCUT2D eigenvalue weighted by atomic mass is 9.97. The SMILES string of the molecule is COC(C(C)C)C(N)Cc1ncnn1CC(C)C. The van der Waals surface area contributed by atoms with Gasteiger partial charge in [0.05, 0.1) is 6.10 Å². The molecule has 0 radical (unpaired) electrons. The van der Waals surface area contributed by atoms with Gasteiger partial charge in [-0.15, -0.1) is 0 Å². The van der Waals surface area contributed by atoms with E-state index in [9.17, 15) is 0 Å². The van der Waals surface area contributed by atoms with E-state index < -0.39 is 0 Å². The predicted molar refractivity (Wildman–Crippen MR) is 72.2 cm³/mol. The zero-order valence-electron chi connectivity index (χ0n) is 12.1. The molecule has 0 fully saturated rings. The molecule has 2 N–H and O–H groups in total. The lowest BCUT2D eigenvalue weighted by Crippen LogP contribution is -2.42. The van der Waals surface area contributed by atoms with Crippen molar-refractivity contribution in [2.45, 2.75) is 52.8 Å². The van der Waals surface area contributed by atoms with Crippen molar-refractivity contribution < 1.29 is 4.74 Å². The largest absolute Gasteiger partial charge is 0.380 e. The van der Waals surface area contributed by atoms with E-state index in [1.54, 1.807) is 13.4 Å². The van der Waals surface area contributed by atoms with Crippen LogP contribution in [0, 0.1) is 11.8 Å². The number of aromatic nitrogens is 3. The number of hydrogen-bond acceptors (Lipinski definition) is 4. The fourth-order valence-electron chi connectivity index (χ4n) is 2.21. The summed E-state index contributed by atoms with van der Waals surface area (Å²) in [5, 5.41) is 4.25. The van der Waals surface area contributed by atoms with Gasteiger partial charge in [-0.05, 0) is 11.8 Å². The first-order chi connectivity index (χ1) is 8.45. The number of rotatable bonds is 7. The molecule has 0 spiro atoms. The first-order valence-corrected chi connectivity index (χ1v) is 6.60. The van der Waals surface area contributed by atoms with Gasteiger partial charge >= 0.3 is 0 Å². The molecular formula is C13H26N4O. The van der Waals surface area contributed by atoms with Gasteiger partial charge < -0.3 is 10.5 Å². The van der Waals surface area contributed by atoms with E-state index in [0.29, 0.717) is 18.3 Å². The highest BCUT2D eigenvalue weighted by Gasteiger charge is 2.23. The summed E-state index contributed by atoms with van der Waals surface area (Å²) < 4.78 is 7.40. The first-order valence-electron chi connectivity index (χ1n) is 6.60. The van der Waals surface area contributed by atoms with Crippen LogP contribution in [0.2, 0.25) is 0 Å². The zero-order valence-corrected chi connectivity index (χ0v) is 12.1. The van der Waals surface area contributed by atoms with Crippen molar-refractivity contribution in [3.63, 3.8) is 0 Å². The number of ether oxygens (including phenoxy) is 1. The van der Waals surface area contributed by atoms with Gasteiger partial charge in [-0.2, -0.15) is 5.10 Å². The van der Waals surface area contributed by atoms with Crippen molar-refractivity contribution in [2.24, 2.45) is 17.6 Å². The molecule has 0 aliphatic carbocycles. The van der Waals surface area contributed by atoms with E-state index in [1.807, 2.05) is 4.68 Å². The molecule has 0 aliphatic heterocycles. The fourth-order valence-corrected chi connectivity index (χ4v) is 2.21. The standard InChI is InChI=1S/C13H26N4O/c1-9(2)7-17-12(15-8-16-17)6-11(14)13(18-5)10(3)4/h8-11,13H,6-7,14H2,1-5H3. The number of methoxy groups -OCH3 is 1. The lowest BCUT2D eigenvalue weighted by Gasteiger charge is -2.25. The van der Waals surface area contributed by atoms with Gasteiger partial charge in [-0.1, -0.05) is 27.7 Å². The van der Waals surface area contributed by atoms with E-state index in [2.05, 4.69) is 37.8 Å². The second kappa shape index (κ2) is 6.85. The summed E-state index contributed by atoms with van der Waals surface area (Å²) >= 11 is 0. The molecule has 0 saturated carbocycles. The Morgan fingerprint density at radius 2 is 2.00 bits per heavy atom. The van der Waals surface area contributed by atoms with Gasteiger partial charge in [0.2, 0.25) is 0 Å². The molecule has 0 bridgehead atoms. The van der Waals surface area contributed by atoms with Gasteiger partial charge in [0.15, 0.2) is 0 Å². The van der Waals surface area contributed by atoms with Gasteiger partial charge in [0.25, 0.3) is 0 Å². The van der Waals surface area contributed by atoms with E-state index >= 15 is 0 Å². The van der Waals surface area contributed by atoms with Gasteiger partial charge in [0.1, 0.15) is 12.2 Å². The van der Waals surface area contributed by atoms with Crippen LogP contribution in [0.3, 0.4) is 0 Å². The summed E-state index contributed by atoms with van der Waals surface area (Å²) in [6.45, 7) is 9.44. The highest BCUT2D eigenvalue weighted by Crippen LogP contribution is 2.12. The van der Waals surface area contributed by atoms with Crippen LogP contribution in [-0.2, 0) is 17.7 Å². The number of nitrogens with zero attached hydrogens (tertiary/aromatic N) is 3. The molecule has 2 unspecified atom stereocenters. The van der Waals surface area contributed by atoms with Crippen molar-refractivity contribution >= 4 is 0 Å². The molecule has 0 aromatic carbocycles. The molecule has 104 valence electrons. The Bertz CT molecular complexity index is 349. The normalized spacial score (nSPS) is 15.3. The van der Waals surface area contributed by atoms with Crippen molar-refractivity contribution in [1.29, 1.82) is 0 Å². The number of nitrogens with two attached hydrogens (primary N) is 1. The Balaban J connectivity index is 2.69. The maximum Gasteiger partial charge on any atom is 0.138 e. The quantitative estimate of drug-likeness (QED) is 0.800. The molecule has 1 heterocycles. The Kier molecular flexibility index (Phi) is 5.75. The summed E-state index contributed by atoms with van der Waals surface area (Å²) in [5.41, 5.74) is 6.21. The molecule has 1 rings (SSSR count). The maximum atomic E-state index is 6.21. The lowest BCUT2D eigenvalue weighted by molar-refractivity contribution is 0.0433. The summed E-state index contributed by atoms with van der Waals surface area (Å²) in [6, 6.07) is -0.0508. The van der Waals surface area contributed by atoms with Crippen molar-refractivity contribution in [3.8, 4) is 0 Å². The van der Waals surface area contributed by atoms with Crippen molar-refractivity contribution in [3.05, 3.63) is 12.2 Å². The van der Waals surface area contributed by atoms with Crippen LogP contribution in [0.25, 0.3) is 0 Å². The van der Waals surface area contributed by atoms with Gasteiger partial charge in [-0.25, -0.2) is 9.67 Å². The monoisotopic (exact) mass is 254 g/mol. The van der Waals surface area contributed by atoms with E-state index in [1.165, 1.54) is 0 Å². The fraction of sp³-hybridized carbons (Fsp3) is 0.846. The van der Waals surface area contributed by atoms with Crippen LogP contribution in [0.4, 0.5) is 0 Å². The van der Waals surface area contributed by atoms with E-state index in [-0.39, 0.29) is 12.1 Å². The zero-order chi connectivity index (χ0) is 13.7. The molecule has 0 aliphatic rings. The average molecular weight is 254 g/mol. The summed E-state index contributed by atoms with van der Waals surface area (Å²) in [7, 11) is 1.71. The summed E-state index contributed by atoms with van der Waals surface area (Å²) in [5.74, 6) is 1.88. The minimum atomic E-state index is -0.0508. The van der Waals surface area contributed by atoms with Crippen LogP contribution in [0.15, 0.2) is 6.33 Å². The highest BCUT2D eigenvalue weighted by molar-refractivity contribution is 4.92. The van der Waals surface area contributed by atoms with Crippen LogP contribution in [-0.4, -0.2) is 34.0 Å². The van der Waals surface area contributed by atoms with Crippen LogP contribution < -0.4 is 5.73 Å². The molecule has 5 nitrogen and oxygen atoms in total. The Morgan fingerprint density at radius 1 is 1.33 bits per heavy atom. The third-order valence-corrected chi connectivity index (χ3v) is 3.00. The van der Waals surface area contributed by atoms with Crippen molar-refractivity contribution in [1.82, 2.24) is 14.8 Å². The second-order valence-electron chi connectivity index (χ2n) is 5.56. The molecular weight excluding hydrogens is 228 g/mol. The third-order valence-electron chi connectivity index (χ3n) is 3.00. The smallest absolute Gasteiger partial charge is 0.138 e. The molecule has 0 saturated heterocycles. The topological polar surface area (TPSA) is 66.0 Å². The molecule has 1 aromatic heterocycles. The molecule has 5 heteroatoms. The van der Waals surface area contributed by atoms with Gasteiger partial charge in [0, 0.05) is 26.1 Å². The Hall–Kier alpha value is -0.940. The molecule has 2 atom stereocenters. The first kappa shape index (κ1) is 15.1. The van der Waals surface area contributed by atoms with Crippen LogP contribution in [0.5, 0.6) is 0 Å². The van der Waals surface area contributed by atoms with Gasteiger partial charge in [-0.3, -0.25) is 0 Å². The summed E-state index contributed by atoms with van der Waals surface area (Å²) in [6.07, 6.45) is 2.35. The minimum Gasteiger partial charge on any atom is -0.380 e. The van der Waals surface area contributed by atoms with Crippen molar-refractivity contribution in [2.75, 3.05) is 7.11 Å². The van der Waals surface area contributed by atoms with Crippen LogP contribution >= 0.6 is 0 Å². The predicted octanol–water partition coefficient (Wildman–Crippen LogP) is 1.47. The highest BCUT2D eigenvalue weighted by atomic mass is 16.5. The van der Waals surface area contributed by atoms with E-state index in [4.69, 9.17) is 10.5 Å². The molecule has 1 aromatic rings. The maximum absolute atomic E-state index is 6.21. The molecule has 18 heavy (non-hydrogen) atoms. The second-order valence-corrected chi connectivity index (χ2v) is 5.56. The Morgan fingerprint density at radius 3 is 2.50 bits per heavy atom. The van der Waals surface area contributed by atoms with Crippen LogP contribution in [0.1, 0.15) is 33.5 Å². The molecule has 0 amide bonds. The third kappa shape index (κ3) is 4.07. The average Bonchev–Trinajstić information content (AvgIpc) is 2.65. The Labute approximate surface area is 110 Å². The summed E-state index contributed by atoms with van der Waals surface area (Å²) in [4.78, 5) is 4.30. The number of hydrogen-bond donors (Lipinski definition) is 1. The minimum absolute atomic E-state index is 0.0502. The van der Waals surface area contributed by atoms with E-state index in [0.717, 1.165) is 12.4 Å².